The molecule has 3 heteroatoms. The molecule has 1 aromatic heterocycles. The van der Waals surface area contributed by atoms with E-state index in [9.17, 15) is 4.79 Å². The Kier molecular flexibility index (Phi) is 4.38. The van der Waals surface area contributed by atoms with Crippen LogP contribution in [0.1, 0.15) is 29.2 Å². The fourth-order valence-corrected chi connectivity index (χ4v) is 3.38. The number of carbonyl (C=O) groups is 1. The number of carbonyl (C=O) groups excluding carboxylic acids is 1. The normalized spacial score (nSPS) is 18.7. The van der Waals surface area contributed by atoms with Crippen LogP contribution in [-0.2, 0) is 17.9 Å². The summed E-state index contributed by atoms with van der Waals surface area (Å²) in [7, 11) is 0. The molecule has 2 unspecified atom stereocenters. The maximum absolute atomic E-state index is 13.1. The van der Waals surface area contributed by atoms with Crippen molar-refractivity contribution in [3.8, 4) is 0 Å². The van der Waals surface area contributed by atoms with Crippen molar-refractivity contribution in [1.29, 1.82) is 0 Å². The summed E-state index contributed by atoms with van der Waals surface area (Å²) in [5, 5.41) is 0. The number of rotatable bonds is 6. The van der Waals surface area contributed by atoms with Crippen molar-refractivity contribution in [3.05, 3.63) is 95.9 Å². The SMILES string of the molecule is O=C(C1CC1c1ccccc1)N(Cc1ccccc1)Cc1ccco1. The van der Waals surface area contributed by atoms with E-state index in [4.69, 9.17) is 4.42 Å². The number of hydrogen-bond donors (Lipinski definition) is 0. The predicted molar refractivity (Wildman–Crippen MR) is 96.7 cm³/mol. The third-order valence-corrected chi connectivity index (χ3v) is 4.79. The molecular formula is C22H21NO2. The highest BCUT2D eigenvalue weighted by Gasteiger charge is 2.45. The van der Waals surface area contributed by atoms with Gasteiger partial charge >= 0.3 is 0 Å². The smallest absolute Gasteiger partial charge is 0.227 e. The van der Waals surface area contributed by atoms with Crippen LogP contribution in [0.25, 0.3) is 0 Å². The molecular weight excluding hydrogens is 310 g/mol. The summed E-state index contributed by atoms with van der Waals surface area (Å²) in [6.45, 7) is 1.12. The van der Waals surface area contributed by atoms with Crippen LogP contribution in [0.15, 0.2) is 83.5 Å². The zero-order valence-electron chi connectivity index (χ0n) is 14.0. The van der Waals surface area contributed by atoms with Gasteiger partial charge in [-0.3, -0.25) is 4.79 Å². The Labute approximate surface area is 147 Å². The first-order valence-corrected chi connectivity index (χ1v) is 8.71. The Morgan fingerprint density at radius 3 is 2.32 bits per heavy atom. The van der Waals surface area contributed by atoms with Crippen molar-refractivity contribution < 1.29 is 9.21 Å². The molecule has 1 heterocycles. The topological polar surface area (TPSA) is 33.5 Å². The molecule has 0 bridgehead atoms. The summed E-state index contributed by atoms with van der Waals surface area (Å²) in [4.78, 5) is 15.0. The highest BCUT2D eigenvalue weighted by Crippen LogP contribution is 2.48. The van der Waals surface area contributed by atoms with Gasteiger partial charge in [-0.2, -0.15) is 0 Å². The third kappa shape index (κ3) is 3.66. The minimum Gasteiger partial charge on any atom is -0.467 e. The van der Waals surface area contributed by atoms with Gasteiger partial charge in [0.25, 0.3) is 0 Å². The monoisotopic (exact) mass is 331 g/mol. The van der Waals surface area contributed by atoms with E-state index in [0.717, 1.165) is 17.7 Å². The number of hydrogen-bond acceptors (Lipinski definition) is 2. The summed E-state index contributed by atoms with van der Waals surface area (Å²) in [5.41, 5.74) is 2.40. The second kappa shape index (κ2) is 6.98. The Morgan fingerprint density at radius 2 is 1.64 bits per heavy atom. The van der Waals surface area contributed by atoms with E-state index >= 15 is 0 Å². The van der Waals surface area contributed by atoms with Crippen LogP contribution >= 0.6 is 0 Å². The maximum atomic E-state index is 13.1. The Balaban J connectivity index is 1.50. The summed E-state index contributed by atoms with van der Waals surface area (Å²) in [5.74, 6) is 1.47. The molecule has 1 amide bonds. The van der Waals surface area contributed by atoms with Crippen LogP contribution in [0, 0.1) is 5.92 Å². The van der Waals surface area contributed by atoms with Gasteiger partial charge in [0, 0.05) is 12.5 Å². The van der Waals surface area contributed by atoms with E-state index < -0.39 is 0 Å². The minimum atomic E-state index is 0.0843. The summed E-state index contributed by atoms with van der Waals surface area (Å²) in [6, 6.07) is 24.3. The zero-order chi connectivity index (χ0) is 17.1. The molecule has 0 N–H and O–H groups in total. The maximum Gasteiger partial charge on any atom is 0.227 e. The second-order valence-electron chi connectivity index (χ2n) is 6.62. The number of furan rings is 1. The van der Waals surface area contributed by atoms with Crippen molar-refractivity contribution in [1.82, 2.24) is 4.90 Å². The van der Waals surface area contributed by atoms with Crippen LogP contribution in [0.2, 0.25) is 0 Å². The highest BCUT2D eigenvalue weighted by atomic mass is 16.3. The van der Waals surface area contributed by atoms with Gasteiger partial charge < -0.3 is 9.32 Å². The first-order chi connectivity index (χ1) is 12.3. The van der Waals surface area contributed by atoms with Gasteiger partial charge in [-0.1, -0.05) is 60.7 Å². The van der Waals surface area contributed by atoms with E-state index in [0.29, 0.717) is 19.0 Å². The van der Waals surface area contributed by atoms with Gasteiger partial charge in [0.15, 0.2) is 0 Å². The molecule has 1 aliphatic rings. The molecule has 126 valence electrons. The van der Waals surface area contributed by atoms with Gasteiger partial charge in [-0.05, 0) is 35.6 Å². The van der Waals surface area contributed by atoms with Crippen molar-refractivity contribution in [3.63, 3.8) is 0 Å². The van der Waals surface area contributed by atoms with Crippen LogP contribution in [0.4, 0.5) is 0 Å². The number of benzene rings is 2. The van der Waals surface area contributed by atoms with Gasteiger partial charge in [0.05, 0.1) is 12.8 Å². The first kappa shape index (κ1) is 15.7. The molecule has 4 rings (SSSR count). The lowest BCUT2D eigenvalue weighted by Crippen LogP contribution is -2.31. The highest BCUT2D eigenvalue weighted by molar-refractivity contribution is 5.83. The quantitative estimate of drug-likeness (QED) is 0.661. The molecule has 25 heavy (non-hydrogen) atoms. The Hall–Kier alpha value is -2.81. The summed E-state index contributed by atoms with van der Waals surface area (Å²) in [6.07, 6.45) is 2.59. The fourth-order valence-electron chi connectivity index (χ4n) is 3.38. The molecule has 2 aromatic carbocycles. The molecule has 0 aliphatic heterocycles. The second-order valence-corrected chi connectivity index (χ2v) is 6.62. The van der Waals surface area contributed by atoms with Crippen LogP contribution in [0.5, 0.6) is 0 Å². The summed E-state index contributed by atoms with van der Waals surface area (Å²) < 4.78 is 5.47. The van der Waals surface area contributed by atoms with E-state index in [-0.39, 0.29) is 11.8 Å². The van der Waals surface area contributed by atoms with Crippen molar-refractivity contribution in [2.75, 3.05) is 0 Å². The molecule has 1 fully saturated rings. The lowest BCUT2D eigenvalue weighted by molar-refractivity contribution is -0.134. The average Bonchev–Trinajstić information content (AvgIpc) is 3.30. The predicted octanol–water partition coefficient (Wildman–Crippen LogP) is 4.61. The molecule has 2 atom stereocenters. The molecule has 0 radical (unpaired) electrons. The average molecular weight is 331 g/mol. The standard InChI is InChI=1S/C22H21NO2/c24-22(21-14-20(21)18-10-5-2-6-11-18)23(16-19-12-7-13-25-19)15-17-8-3-1-4-9-17/h1-13,20-21H,14-16H2. The first-order valence-electron chi connectivity index (χ1n) is 8.71. The van der Waals surface area contributed by atoms with Crippen LogP contribution < -0.4 is 0 Å². The van der Waals surface area contributed by atoms with Gasteiger partial charge in [-0.15, -0.1) is 0 Å². The van der Waals surface area contributed by atoms with Crippen LogP contribution in [-0.4, -0.2) is 10.8 Å². The van der Waals surface area contributed by atoms with E-state index in [2.05, 4.69) is 24.3 Å². The molecule has 1 saturated carbocycles. The molecule has 3 aromatic rings. The fraction of sp³-hybridized carbons (Fsp3) is 0.227. The molecule has 3 nitrogen and oxygen atoms in total. The Bertz CT molecular complexity index is 812. The van der Waals surface area contributed by atoms with Crippen LogP contribution in [0.3, 0.4) is 0 Å². The zero-order valence-corrected chi connectivity index (χ0v) is 14.0. The van der Waals surface area contributed by atoms with Crippen molar-refractivity contribution >= 4 is 5.91 Å². The largest absolute Gasteiger partial charge is 0.467 e. The van der Waals surface area contributed by atoms with Gasteiger partial charge in [0.1, 0.15) is 5.76 Å². The van der Waals surface area contributed by atoms with E-state index in [1.807, 2.05) is 53.4 Å². The summed E-state index contributed by atoms with van der Waals surface area (Å²) >= 11 is 0. The lowest BCUT2D eigenvalue weighted by atomic mass is 10.1. The van der Waals surface area contributed by atoms with E-state index in [1.165, 1.54) is 5.56 Å². The van der Waals surface area contributed by atoms with Gasteiger partial charge in [0.2, 0.25) is 5.91 Å². The van der Waals surface area contributed by atoms with Crippen molar-refractivity contribution in [2.24, 2.45) is 5.92 Å². The number of amides is 1. The lowest BCUT2D eigenvalue weighted by Gasteiger charge is -2.22. The van der Waals surface area contributed by atoms with E-state index in [1.54, 1.807) is 6.26 Å². The third-order valence-electron chi connectivity index (χ3n) is 4.79. The molecule has 0 saturated heterocycles. The van der Waals surface area contributed by atoms with Crippen molar-refractivity contribution in [2.45, 2.75) is 25.4 Å². The number of nitrogens with zero attached hydrogens (tertiary/aromatic N) is 1. The van der Waals surface area contributed by atoms with Gasteiger partial charge in [-0.25, -0.2) is 0 Å². The minimum absolute atomic E-state index is 0.0843. The molecule has 1 aliphatic carbocycles. The molecule has 0 spiro atoms. The Morgan fingerprint density at radius 1 is 0.920 bits per heavy atom.